The van der Waals surface area contributed by atoms with Crippen molar-refractivity contribution >= 4 is 52.0 Å². The molecular weight excluding hydrogens is 392 g/mol. The van der Waals surface area contributed by atoms with E-state index < -0.39 is 0 Å². The van der Waals surface area contributed by atoms with Crippen LogP contribution in [0.15, 0.2) is 59.5 Å². The number of benzene rings is 2. The van der Waals surface area contributed by atoms with Crippen LogP contribution in [0, 0.1) is 5.92 Å². The second kappa shape index (κ2) is 9.94. The van der Waals surface area contributed by atoms with E-state index in [1.54, 1.807) is 11.8 Å². The van der Waals surface area contributed by atoms with Gasteiger partial charge in [0.1, 0.15) is 11.4 Å². The van der Waals surface area contributed by atoms with Crippen LogP contribution in [-0.2, 0) is 9.53 Å². The Balaban J connectivity index is 1.66. The molecule has 0 spiro atoms. The van der Waals surface area contributed by atoms with Gasteiger partial charge >= 0.3 is 5.97 Å². The highest BCUT2D eigenvalue weighted by atomic mass is 32.2. The van der Waals surface area contributed by atoms with E-state index in [9.17, 15) is 4.79 Å². The number of carbonyl (C=O) groups excluding carboxylic acids is 1. The summed E-state index contributed by atoms with van der Waals surface area (Å²) in [5.74, 6) is 3.74. The molecule has 1 saturated heterocycles. The van der Waals surface area contributed by atoms with Crippen molar-refractivity contribution in [3.05, 3.63) is 54.6 Å². The molecule has 2 aromatic rings. The van der Waals surface area contributed by atoms with Crippen LogP contribution in [0.2, 0.25) is 0 Å². The maximum absolute atomic E-state index is 12.9. The maximum atomic E-state index is 12.9. The van der Waals surface area contributed by atoms with E-state index in [0.717, 1.165) is 27.9 Å². The van der Waals surface area contributed by atoms with Crippen LogP contribution in [0.3, 0.4) is 0 Å². The fraction of sp³-hybridized carbons (Fsp3) is 0.409. The van der Waals surface area contributed by atoms with Gasteiger partial charge in [0.25, 0.3) is 0 Å². The van der Waals surface area contributed by atoms with E-state index in [4.69, 9.17) is 4.74 Å². The highest BCUT2D eigenvalue weighted by Gasteiger charge is 2.28. The molecule has 1 aliphatic rings. The molecule has 0 amide bonds. The van der Waals surface area contributed by atoms with Crippen LogP contribution in [0.25, 0.3) is 10.8 Å². The maximum Gasteiger partial charge on any atom is 0.320 e. The Bertz CT molecular complexity index is 791. The Morgan fingerprint density at radius 2 is 1.78 bits per heavy atom. The molecule has 0 aromatic heterocycles. The second-order valence-corrected chi connectivity index (χ2v) is 10.4. The van der Waals surface area contributed by atoms with Crippen LogP contribution in [0.5, 0.6) is 0 Å². The molecule has 2 nitrogen and oxygen atoms in total. The van der Waals surface area contributed by atoms with Crippen molar-refractivity contribution < 1.29 is 9.53 Å². The van der Waals surface area contributed by atoms with Crippen LogP contribution < -0.4 is 0 Å². The third-order valence-electron chi connectivity index (χ3n) is 4.32. The zero-order valence-electron chi connectivity index (χ0n) is 15.9. The first-order valence-electron chi connectivity index (χ1n) is 9.21. The molecule has 1 fully saturated rings. The average molecular weight is 419 g/mol. The Morgan fingerprint density at radius 3 is 2.44 bits per heavy atom. The first-order valence-corrected chi connectivity index (χ1v) is 12.4. The van der Waals surface area contributed by atoms with Crippen molar-refractivity contribution in [2.75, 3.05) is 23.0 Å². The molecule has 1 atom stereocenters. The topological polar surface area (TPSA) is 26.3 Å². The third-order valence-corrected chi connectivity index (χ3v) is 8.28. The number of esters is 1. The molecular formula is C22H26O2S3. The average Bonchev–Trinajstić information content (AvgIpc) is 2.63. The lowest BCUT2D eigenvalue weighted by molar-refractivity contribution is -0.147. The summed E-state index contributed by atoms with van der Waals surface area (Å²) in [5.41, 5.74) is 1.27. The minimum Gasteiger partial charge on any atom is -0.460 e. The van der Waals surface area contributed by atoms with Gasteiger partial charge in [-0.2, -0.15) is 23.5 Å². The quantitative estimate of drug-likeness (QED) is 0.342. The van der Waals surface area contributed by atoms with Crippen molar-refractivity contribution in [2.24, 2.45) is 5.92 Å². The van der Waals surface area contributed by atoms with Crippen LogP contribution in [0.4, 0.5) is 0 Å². The van der Waals surface area contributed by atoms with Gasteiger partial charge in [-0.05, 0) is 28.8 Å². The summed E-state index contributed by atoms with van der Waals surface area (Å²) in [4.78, 5) is 14.0. The summed E-state index contributed by atoms with van der Waals surface area (Å²) in [6.07, 6.45) is -0.0148. The molecule has 3 rings (SSSR count). The number of hydrogen-bond donors (Lipinski definition) is 0. The van der Waals surface area contributed by atoms with Gasteiger partial charge in [0, 0.05) is 27.9 Å². The Labute approximate surface area is 174 Å². The van der Waals surface area contributed by atoms with Gasteiger partial charge in [0.15, 0.2) is 0 Å². The van der Waals surface area contributed by atoms with Crippen molar-refractivity contribution in [2.45, 2.75) is 30.1 Å². The zero-order chi connectivity index (χ0) is 19.2. The monoisotopic (exact) mass is 418 g/mol. The normalized spacial score (nSPS) is 17.5. The van der Waals surface area contributed by atoms with Crippen molar-refractivity contribution in [3.8, 4) is 0 Å². The fourth-order valence-corrected chi connectivity index (χ4v) is 6.15. The minimum absolute atomic E-state index is 0.0148. The van der Waals surface area contributed by atoms with Crippen LogP contribution in [0.1, 0.15) is 13.8 Å². The SMILES string of the molecule is C=C1CSCC(OC(=O)C(Sc2ccc3ccccc3c2)C(C)C)CSC1. The lowest BCUT2D eigenvalue weighted by Crippen LogP contribution is -2.32. The molecule has 27 heavy (non-hydrogen) atoms. The Morgan fingerprint density at radius 1 is 1.11 bits per heavy atom. The second-order valence-electron chi connectivity index (χ2n) is 7.13. The predicted octanol–water partition coefficient (Wildman–Crippen LogP) is 5.90. The molecule has 0 radical (unpaired) electrons. The Kier molecular flexibility index (Phi) is 7.62. The highest BCUT2D eigenvalue weighted by Crippen LogP contribution is 2.32. The van der Waals surface area contributed by atoms with Gasteiger partial charge in [-0.3, -0.25) is 4.79 Å². The van der Waals surface area contributed by atoms with Gasteiger partial charge < -0.3 is 4.74 Å². The summed E-state index contributed by atoms with van der Waals surface area (Å²) in [6.45, 7) is 8.25. The largest absolute Gasteiger partial charge is 0.460 e. The van der Waals surface area contributed by atoms with Gasteiger partial charge in [-0.15, -0.1) is 11.8 Å². The number of ether oxygens (including phenoxy) is 1. The van der Waals surface area contributed by atoms with E-state index >= 15 is 0 Å². The van der Waals surface area contributed by atoms with Crippen molar-refractivity contribution in [1.82, 2.24) is 0 Å². The smallest absolute Gasteiger partial charge is 0.320 e. The molecule has 1 heterocycles. The molecule has 0 saturated carbocycles. The number of fused-ring (bicyclic) bond motifs is 1. The van der Waals surface area contributed by atoms with E-state index in [2.05, 4.69) is 50.8 Å². The number of carbonyl (C=O) groups is 1. The standard InChI is InChI=1S/C22H26O2S3/c1-15(2)21(22(23)24-19-13-25-11-16(3)12-26-14-19)27-20-9-8-17-6-4-5-7-18(17)10-20/h4-10,15,19,21H,3,11-14H2,1-2H3. The van der Waals surface area contributed by atoms with E-state index in [1.807, 2.05) is 35.7 Å². The number of thioether (sulfide) groups is 3. The first kappa shape index (κ1) is 20.7. The Hall–Kier alpha value is -1.04. The lowest BCUT2D eigenvalue weighted by atomic mass is 10.1. The van der Waals surface area contributed by atoms with Crippen molar-refractivity contribution in [1.29, 1.82) is 0 Å². The molecule has 2 aromatic carbocycles. The van der Waals surface area contributed by atoms with Crippen LogP contribution >= 0.6 is 35.3 Å². The molecule has 1 aliphatic heterocycles. The number of hydrogen-bond acceptors (Lipinski definition) is 5. The summed E-state index contributed by atoms with van der Waals surface area (Å²) >= 11 is 5.25. The molecule has 0 aliphatic carbocycles. The molecule has 5 heteroatoms. The van der Waals surface area contributed by atoms with E-state index in [-0.39, 0.29) is 23.2 Å². The van der Waals surface area contributed by atoms with Crippen molar-refractivity contribution in [3.63, 3.8) is 0 Å². The van der Waals surface area contributed by atoms with E-state index in [1.165, 1.54) is 16.3 Å². The molecule has 0 N–H and O–H groups in total. The molecule has 1 unspecified atom stereocenters. The van der Waals surface area contributed by atoms with Gasteiger partial charge in [-0.25, -0.2) is 0 Å². The molecule has 144 valence electrons. The van der Waals surface area contributed by atoms with Gasteiger partial charge in [0.05, 0.1) is 0 Å². The zero-order valence-corrected chi connectivity index (χ0v) is 18.3. The summed E-state index contributed by atoms with van der Waals surface area (Å²) in [7, 11) is 0. The fourth-order valence-electron chi connectivity index (χ4n) is 2.90. The van der Waals surface area contributed by atoms with Gasteiger partial charge in [-0.1, -0.05) is 56.3 Å². The highest BCUT2D eigenvalue weighted by molar-refractivity contribution is 8.01. The lowest BCUT2D eigenvalue weighted by Gasteiger charge is -2.25. The molecule has 0 bridgehead atoms. The first-order chi connectivity index (χ1) is 13.0. The third kappa shape index (κ3) is 5.97. The van der Waals surface area contributed by atoms with E-state index in [0.29, 0.717) is 0 Å². The van der Waals surface area contributed by atoms with Crippen LogP contribution in [-0.4, -0.2) is 40.3 Å². The minimum atomic E-state index is -0.193. The summed E-state index contributed by atoms with van der Waals surface area (Å²) in [6, 6.07) is 14.7. The number of rotatable bonds is 5. The summed E-state index contributed by atoms with van der Waals surface area (Å²) in [5, 5.41) is 2.23. The predicted molar refractivity (Wildman–Crippen MR) is 122 cm³/mol. The summed E-state index contributed by atoms with van der Waals surface area (Å²) < 4.78 is 5.91. The van der Waals surface area contributed by atoms with Gasteiger partial charge in [0.2, 0.25) is 0 Å².